The van der Waals surface area contributed by atoms with E-state index >= 15 is 0 Å². The smallest absolute Gasteiger partial charge is 0.226 e. The zero-order valence-corrected chi connectivity index (χ0v) is 16.2. The van der Waals surface area contributed by atoms with E-state index in [0.717, 1.165) is 11.1 Å². The van der Waals surface area contributed by atoms with E-state index in [2.05, 4.69) is 9.98 Å². The number of hydrogen-bond acceptors (Lipinski definition) is 6. The Morgan fingerprint density at radius 2 is 1.77 bits per heavy atom. The van der Waals surface area contributed by atoms with Gasteiger partial charge < -0.3 is 11.5 Å². The van der Waals surface area contributed by atoms with Gasteiger partial charge in [-0.2, -0.15) is 10.1 Å². The fourth-order valence-electron chi connectivity index (χ4n) is 2.65. The van der Waals surface area contributed by atoms with Gasteiger partial charge in [0, 0.05) is 5.56 Å². The predicted octanol–water partition coefficient (Wildman–Crippen LogP) is 3.18. The van der Waals surface area contributed by atoms with Gasteiger partial charge in [-0.05, 0) is 37.1 Å². The van der Waals surface area contributed by atoms with Crippen LogP contribution >= 0.6 is 17.0 Å². The lowest BCUT2D eigenvalue weighted by Gasteiger charge is -2.36. The topological polar surface area (TPSA) is 89.2 Å². The number of rotatable bonds is 4. The fraction of sp³-hybridized carbons (Fsp3) is 0.222. The Morgan fingerprint density at radius 1 is 1.08 bits per heavy atom. The first kappa shape index (κ1) is 19.9. The van der Waals surface area contributed by atoms with Crippen LogP contribution in [-0.4, -0.2) is 22.6 Å². The van der Waals surface area contributed by atoms with Gasteiger partial charge in [-0.1, -0.05) is 36.4 Å². The minimum absolute atomic E-state index is 0. The standard InChI is InChI=1S/C18H20FN5O.BrH/c1-18(2)23-16(20)22-17(21)24(18)25-11-14-10-13(8-9-15(14)19)12-6-4-3-5-7-12;/h3-10H,11H2,1-2H3,(H4,20,21,22,23);1H. The summed E-state index contributed by atoms with van der Waals surface area (Å²) in [5, 5.41) is 1.33. The molecule has 138 valence electrons. The zero-order valence-electron chi connectivity index (χ0n) is 14.5. The summed E-state index contributed by atoms with van der Waals surface area (Å²) in [7, 11) is 0. The molecule has 8 heteroatoms. The van der Waals surface area contributed by atoms with Crippen molar-refractivity contribution in [1.82, 2.24) is 5.06 Å². The number of hydrogen-bond donors (Lipinski definition) is 2. The molecule has 2 aromatic carbocycles. The molecule has 0 fully saturated rings. The highest BCUT2D eigenvalue weighted by atomic mass is 79.9. The van der Waals surface area contributed by atoms with Crippen molar-refractivity contribution < 1.29 is 9.23 Å². The molecule has 0 atom stereocenters. The molecule has 0 saturated heterocycles. The first-order valence-electron chi connectivity index (χ1n) is 7.83. The van der Waals surface area contributed by atoms with E-state index in [0.29, 0.717) is 5.56 Å². The van der Waals surface area contributed by atoms with Crippen molar-refractivity contribution in [2.75, 3.05) is 0 Å². The van der Waals surface area contributed by atoms with Gasteiger partial charge in [0.25, 0.3) is 0 Å². The van der Waals surface area contributed by atoms with Gasteiger partial charge in [0.1, 0.15) is 12.4 Å². The first-order chi connectivity index (χ1) is 11.9. The van der Waals surface area contributed by atoms with Crippen LogP contribution in [0.4, 0.5) is 4.39 Å². The molecule has 0 aromatic heterocycles. The third kappa shape index (κ3) is 4.20. The fourth-order valence-corrected chi connectivity index (χ4v) is 2.65. The SMILES string of the molecule is Br.CC1(C)N=C(N)N=C(N)N1OCc1cc(-c2ccccc2)ccc1F. The predicted molar refractivity (Wildman–Crippen MR) is 106 cm³/mol. The van der Waals surface area contributed by atoms with Crippen molar-refractivity contribution in [1.29, 1.82) is 0 Å². The third-order valence-corrected chi connectivity index (χ3v) is 3.82. The number of aliphatic imine (C=N–C) groups is 2. The summed E-state index contributed by atoms with van der Waals surface area (Å²) in [6, 6.07) is 14.7. The van der Waals surface area contributed by atoms with Crippen molar-refractivity contribution in [2.45, 2.75) is 26.1 Å². The number of hydroxylamine groups is 2. The summed E-state index contributed by atoms with van der Waals surface area (Å²) in [5.41, 5.74) is 13.0. The van der Waals surface area contributed by atoms with Crippen LogP contribution in [0.1, 0.15) is 19.4 Å². The third-order valence-electron chi connectivity index (χ3n) is 3.82. The van der Waals surface area contributed by atoms with Crippen LogP contribution in [-0.2, 0) is 11.4 Å². The number of nitrogens with two attached hydrogens (primary N) is 2. The maximum atomic E-state index is 14.2. The monoisotopic (exact) mass is 421 g/mol. The van der Waals surface area contributed by atoms with E-state index in [9.17, 15) is 4.39 Å². The first-order valence-corrected chi connectivity index (χ1v) is 7.83. The van der Waals surface area contributed by atoms with E-state index in [4.69, 9.17) is 16.3 Å². The van der Waals surface area contributed by atoms with Gasteiger partial charge in [-0.15, -0.1) is 17.0 Å². The van der Waals surface area contributed by atoms with Crippen molar-refractivity contribution in [3.05, 3.63) is 59.9 Å². The van der Waals surface area contributed by atoms with Crippen LogP contribution < -0.4 is 11.5 Å². The van der Waals surface area contributed by atoms with Crippen LogP contribution in [0.5, 0.6) is 0 Å². The lowest BCUT2D eigenvalue weighted by Crippen LogP contribution is -2.53. The molecular weight excluding hydrogens is 401 g/mol. The average Bonchev–Trinajstić information content (AvgIpc) is 2.55. The van der Waals surface area contributed by atoms with Gasteiger partial charge in [0.2, 0.25) is 11.9 Å². The van der Waals surface area contributed by atoms with Crippen molar-refractivity contribution in [3.8, 4) is 11.1 Å². The zero-order chi connectivity index (χ0) is 18.0. The summed E-state index contributed by atoms with van der Waals surface area (Å²) >= 11 is 0. The number of benzene rings is 2. The van der Waals surface area contributed by atoms with Gasteiger partial charge in [-0.3, -0.25) is 4.84 Å². The number of guanidine groups is 2. The van der Waals surface area contributed by atoms with E-state index in [-0.39, 0.29) is 41.3 Å². The Balaban J connectivity index is 0.00000243. The summed E-state index contributed by atoms with van der Waals surface area (Å²) in [4.78, 5) is 13.8. The largest absolute Gasteiger partial charge is 0.368 e. The molecule has 0 bridgehead atoms. The Hall–Kier alpha value is -2.45. The van der Waals surface area contributed by atoms with Crippen molar-refractivity contribution in [3.63, 3.8) is 0 Å². The highest BCUT2D eigenvalue weighted by molar-refractivity contribution is 8.93. The Labute approximate surface area is 162 Å². The van der Waals surface area contributed by atoms with Crippen LogP contribution in [0.3, 0.4) is 0 Å². The lowest BCUT2D eigenvalue weighted by molar-refractivity contribution is -0.167. The van der Waals surface area contributed by atoms with Gasteiger partial charge in [-0.25, -0.2) is 9.38 Å². The normalized spacial score (nSPS) is 15.7. The number of halogens is 2. The molecule has 6 nitrogen and oxygen atoms in total. The summed E-state index contributed by atoms with van der Waals surface area (Å²) in [6.45, 7) is 3.54. The van der Waals surface area contributed by atoms with Crippen molar-refractivity contribution in [2.24, 2.45) is 21.5 Å². The van der Waals surface area contributed by atoms with E-state index < -0.39 is 5.66 Å². The maximum absolute atomic E-state index is 14.2. The quantitative estimate of drug-likeness (QED) is 0.792. The molecular formula is C18H21BrFN5O. The molecule has 4 N–H and O–H groups in total. The van der Waals surface area contributed by atoms with Gasteiger partial charge >= 0.3 is 0 Å². The van der Waals surface area contributed by atoms with Crippen LogP contribution in [0.2, 0.25) is 0 Å². The molecule has 1 aliphatic heterocycles. The molecule has 0 amide bonds. The second-order valence-corrected chi connectivity index (χ2v) is 6.17. The molecule has 0 radical (unpaired) electrons. The van der Waals surface area contributed by atoms with Gasteiger partial charge in [0.05, 0.1) is 0 Å². The Bertz CT molecular complexity index is 839. The van der Waals surface area contributed by atoms with Crippen LogP contribution in [0.15, 0.2) is 58.5 Å². The Morgan fingerprint density at radius 3 is 2.42 bits per heavy atom. The highest BCUT2D eigenvalue weighted by Crippen LogP contribution is 2.25. The summed E-state index contributed by atoms with van der Waals surface area (Å²) in [5.74, 6) is -0.190. The molecule has 0 saturated carbocycles. The second-order valence-electron chi connectivity index (χ2n) is 6.17. The highest BCUT2D eigenvalue weighted by Gasteiger charge is 2.33. The van der Waals surface area contributed by atoms with Crippen molar-refractivity contribution >= 4 is 28.9 Å². The molecule has 0 aliphatic carbocycles. The molecule has 26 heavy (non-hydrogen) atoms. The lowest BCUT2D eigenvalue weighted by atomic mass is 10.0. The minimum atomic E-state index is -0.830. The van der Waals surface area contributed by atoms with E-state index in [1.165, 1.54) is 11.1 Å². The second kappa shape index (κ2) is 7.84. The summed E-state index contributed by atoms with van der Waals surface area (Å²) < 4.78 is 14.2. The molecule has 3 rings (SSSR count). The molecule has 2 aromatic rings. The van der Waals surface area contributed by atoms with Crippen LogP contribution in [0.25, 0.3) is 11.1 Å². The van der Waals surface area contributed by atoms with E-state index in [1.807, 2.05) is 30.3 Å². The Kier molecular flexibility index (Phi) is 5.99. The molecule has 1 aliphatic rings. The molecule has 1 heterocycles. The minimum Gasteiger partial charge on any atom is -0.368 e. The molecule has 0 spiro atoms. The average molecular weight is 422 g/mol. The summed E-state index contributed by atoms with van der Waals surface area (Å²) in [6.07, 6.45) is 0. The van der Waals surface area contributed by atoms with E-state index in [1.54, 1.807) is 26.0 Å². The van der Waals surface area contributed by atoms with Crippen LogP contribution in [0, 0.1) is 5.82 Å². The number of nitrogens with zero attached hydrogens (tertiary/aromatic N) is 3. The maximum Gasteiger partial charge on any atom is 0.226 e. The van der Waals surface area contributed by atoms with Gasteiger partial charge in [0.15, 0.2) is 5.66 Å². The molecule has 0 unspecified atom stereocenters.